The molecule has 2 rings (SSSR count). The van der Waals surface area contributed by atoms with Crippen molar-refractivity contribution >= 4 is 5.69 Å². The highest BCUT2D eigenvalue weighted by molar-refractivity contribution is 5.39. The molecule has 0 spiro atoms. The Bertz CT molecular complexity index is 460. The van der Waals surface area contributed by atoms with E-state index in [1.165, 1.54) is 0 Å². The van der Waals surface area contributed by atoms with Crippen molar-refractivity contribution in [3.05, 3.63) is 39.9 Å². The Labute approximate surface area is 113 Å². The first kappa shape index (κ1) is 14.0. The molecular weight excluding hydrogens is 242 g/mol. The third-order valence-corrected chi connectivity index (χ3v) is 3.81. The Morgan fingerprint density at radius 2 is 2.16 bits per heavy atom. The summed E-state index contributed by atoms with van der Waals surface area (Å²) in [6.07, 6.45) is 0.723. The third kappa shape index (κ3) is 3.30. The SMILES string of the molecule is CC1(C)CNCCN1CCc1ccccc1[N+](=O)[O-]. The second-order valence-corrected chi connectivity index (χ2v) is 5.61. The van der Waals surface area contributed by atoms with Crippen LogP contribution in [0.15, 0.2) is 24.3 Å². The predicted molar refractivity (Wildman–Crippen MR) is 75.3 cm³/mol. The first-order valence-corrected chi connectivity index (χ1v) is 6.69. The number of nitro benzene ring substituents is 1. The van der Waals surface area contributed by atoms with Gasteiger partial charge in [-0.25, -0.2) is 0 Å². The fourth-order valence-electron chi connectivity index (χ4n) is 2.59. The van der Waals surface area contributed by atoms with Crippen LogP contribution in [0, 0.1) is 10.1 Å². The van der Waals surface area contributed by atoms with Crippen LogP contribution >= 0.6 is 0 Å². The Balaban J connectivity index is 2.04. The topological polar surface area (TPSA) is 58.4 Å². The maximum absolute atomic E-state index is 11.0. The first-order chi connectivity index (χ1) is 9.00. The molecule has 0 aromatic heterocycles. The number of rotatable bonds is 4. The van der Waals surface area contributed by atoms with Crippen LogP contribution in [0.2, 0.25) is 0 Å². The largest absolute Gasteiger partial charge is 0.314 e. The molecule has 1 N–H and O–H groups in total. The maximum atomic E-state index is 11.0. The number of benzene rings is 1. The van der Waals surface area contributed by atoms with Gasteiger partial charge >= 0.3 is 0 Å². The molecule has 1 saturated heterocycles. The lowest BCUT2D eigenvalue weighted by Gasteiger charge is -2.42. The van der Waals surface area contributed by atoms with Gasteiger partial charge in [0.05, 0.1) is 4.92 Å². The summed E-state index contributed by atoms with van der Waals surface area (Å²) in [6, 6.07) is 7.02. The lowest BCUT2D eigenvalue weighted by molar-refractivity contribution is -0.385. The van der Waals surface area contributed by atoms with Gasteiger partial charge in [0.25, 0.3) is 5.69 Å². The Kier molecular flexibility index (Phi) is 4.17. The predicted octanol–water partition coefficient (Wildman–Crippen LogP) is 1.82. The monoisotopic (exact) mass is 263 g/mol. The zero-order valence-corrected chi connectivity index (χ0v) is 11.6. The van der Waals surface area contributed by atoms with Crippen molar-refractivity contribution in [3.63, 3.8) is 0 Å². The van der Waals surface area contributed by atoms with E-state index in [1.807, 2.05) is 12.1 Å². The van der Waals surface area contributed by atoms with Crippen LogP contribution in [-0.4, -0.2) is 41.5 Å². The molecule has 0 aliphatic carbocycles. The second-order valence-electron chi connectivity index (χ2n) is 5.61. The smallest absolute Gasteiger partial charge is 0.272 e. The number of hydrogen-bond donors (Lipinski definition) is 1. The Morgan fingerprint density at radius 3 is 2.84 bits per heavy atom. The number of piperazine rings is 1. The van der Waals surface area contributed by atoms with Crippen molar-refractivity contribution in [2.24, 2.45) is 0 Å². The summed E-state index contributed by atoms with van der Waals surface area (Å²) in [5, 5.41) is 14.4. The van der Waals surface area contributed by atoms with Crippen LogP contribution in [0.4, 0.5) is 5.69 Å². The number of para-hydroxylation sites is 1. The summed E-state index contributed by atoms with van der Waals surface area (Å²) in [5.74, 6) is 0. The van der Waals surface area contributed by atoms with Gasteiger partial charge in [-0.1, -0.05) is 18.2 Å². The molecule has 0 radical (unpaired) electrons. The van der Waals surface area contributed by atoms with Gasteiger partial charge in [0.2, 0.25) is 0 Å². The number of hydrogen-bond acceptors (Lipinski definition) is 4. The zero-order chi connectivity index (χ0) is 13.9. The van der Waals surface area contributed by atoms with Crippen LogP contribution < -0.4 is 5.32 Å². The van der Waals surface area contributed by atoms with Gasteiger partial charge in [0.15, 0.2) is 0 Å². The summed E-state index contributed by atoms with van der Waals surface area (Å²) in [7, 11) is 0. The van der Waals surface area contributed by atoms with Crippen LogP contribution in [0.3, 0.4) is 0 Å². The average Bonchev–Trinajstić information content (AvgIpc) is 2.37. The highest BCUT2D eigenvalue weighted by atomic mass is 16.6. The minimum atomic E-state index is -0.293. The van der Waals surface area contributed by atoms with Gasteiger partial charge in [-0.2, -0.15) is 0 Å². The highest BCUT2D eigenvalue weighted by Crippen LogP contribution is 2.21. The van der Waals surface area contributed by atoms with E-state index in [1.54, 1.807) is 12.1 Å². The van der Waals surface area contributed by atoms with E-state index >= 15 is 0 Å². The summed E-state index contributed by atoms with van der Waals surface area (Å²) in [6.45, 7) is 8.22. The van der Waals surface area contributed by atoms with Gasteiger partial charge in [0.1, 0.15) is 0 Å². The molecule has 104 valence electrons. The van der Waals surface area contributed by atoms with Crippen LogP contribution in [0.5, 0.6) is 0 Å². The van der Waals surface area contributed by atoms with E-state index in [2.05, 4.69) is 24.1 Å². The van der Waals surface area contributed by atoms with Crippen LogP contribution in [0.1, 0.15) is 19.4 Å². The molecule has 1 aliphatic rings. The molecule has 0 atom stereocenters. The van der Waals surface area contributed by atoms with Gasteiger partial charge < -0.3 is 5.32 Å². The summed E-state index contributed by atoms with van der Waals surface area (Å²) in [5.41, 5.74) is 1.17. The molecule has 5 nitrogen and oxygen atoms in total. The van der Waals surface area contributed by atoms with Gasteiger partial charge in [-0.15, -0.1) is 0 Å². The summed E-state index contributed by atoms with van der Waals surface area (Å²) >= 11 is 0. The Morgan fingerprint density at radius 1 is 1.42 bits per heavy atom. The van der Waals surface area contributed by atoms with Crippen LogP contribution in [0.25, 0.3) is 0 Å². The van der Waals surface area contributed by atoms with E-state index in [4.69, 9.17) is 0 Å². The van der Waals surface area contributed by atoms with Crippen molar-refractivity contribution < 1.29 is 4.92 Å². The maximum Gasteiger partial charge on any atom is 0.272 e. The lowest BCUT2D eigenvalue weighted by Crippen LogP contribution is -2.58. The van der Waals surface area contributed by atoms with Gasteiger partial charge in [-0.3, -0.25) is 15.0 Å². The fraction of sp³-hybridized carbons (Fsp3) is 0.571. The fourth-order valence-corrected chi connectivity index (χ4v) is 2.59. The molecule has 0 amide bonds. The molecule has 1 aromatic rings. The first-order valence-electron chi connectivity index (χ1n) is 6.69. The van der Waals surface area contributed by atoms with E-state index < -0.39 is 0 Å². The molecule has 5 heteroatoms. The number of nitrogens with zero attached hydrogens (tertiary/aromatic N) is 2. The zero-order valence-electron chi connectivity index (χ0n) is 11.6. The molecule has 0 unspecified atom stereocenters. The van der Waals surface area contributed by atoms with Crippen molar-refractivity contribution in [2.75, 3.05) is 26.2 Å². The summed E-state index contributed by atoms with van der Waals surface area (Å²) in [4.78, 5) is 13.1. The van der Waals surface area contributed by atoms with E-state index in [0.717, 1.165) is 38.2 Å². The summed E-state index contributed by atoms with van der Waals surface area (Å²) < 4.78 is 0. The Hall–Kier alpha value is -1.46. The van der Waals surface area contributed by atoms with Crippen molar-refractivity contribution in [2.45, 2.75) is 25.8 Å². The normalized spacial score (nSPS) is 19.3. The number of nitrogens with one attached hydrogen (secondary N) is 1. The van der Waals surface area contributed by atoms with E-state index in [-0.39, 0.29) is 16.1 Å². The number of nitro groups is 1. The van der Waals surface area contributed by atoms with Crippen molar-refractivity contribution in [1.82, 2.24) is 10.2 Å². The minimum Gasteiger partial charge on any atom is -0.314 e. The molecule has 19 heavy (non-hydrogen) atoms. The van der Waals surface area contributed by atoms with E-state index in [0.29, 0.717) is 0 Å². The van der Waals surface area contributed by atoms with Gasteiger partial charge in [-0.05, 0) is 20.3 Å². The standard InChI is InChI=1S/C14H21N3O2/c1-14(2)11-15-8-10-16(14)9-7-12-5-3-4-6-13(12)17(18)19/h3-6,15H,7-11H2,1-2H3. The van der Waals surface area contributed by atoms with E-state index in [9.17, 15) is 10.1 Å². The molecule has 0 saturated carbocycles. The van der Waals surface area contributed by atoms with Gasteiger partial charge in [0, 0.05) is 43.3 Å². The molecule has 1 aliphatic heterocycles. The molecular formula is C14H21N3O2. The minimum absolute atomic E-state index is 0.113. The lowest BCUT2D eigenvalue weighted by atomic mass is 9.99. The molecule has 1 fully saturated rings. The van der Waals surface area contributed by atoms with Crippen molar-refractivity contribution in [1.29, 1.82) is 0 Å². The molecule has 1 aromatic carbocycles. The average molecular weight is 263 g/mol. The molecule has 1 heterocycles. The van der Waals surface area contributed by atoms with Crippen LogP contribution in [-0.2, 0) is 6.42 Å². The molecule has 0 bridgehead atoms. The third-order valence-electron chi connectivity index (χ3n) is 3.81. The second kappa shape index (κ2) is 5.67. The highest BCUT2D eigenvalue weighted by Gasteiger charge is 2.29. The quantitative estimate of drug-likeness (QED) is 0.665. The van der Waals surface area contributed by atoms with Crippen molar-refractivity contribution in [3.8, 4) is 0 Å².